The first-order chi connectivity index (χ1) is 15.8. The minimum atomic E-state index is -1.15. The largest absolute Gasteiger partial charge is 0.497 e. The number of ether oxygens (including phenoxy) is 1. The van der Waals surface area contributed by atoms with Crippen LogP contribution in [0, 0.1) is 5.82 Å². The Labute approximate surface area is 194 Å². The van der Waals surface area contributed by atoms with Crippen LogP contribution in [0.4, 0.5) is 4.39 Å². The number of aromatic nitrogens is 1. The number of hydrogen-bond donors (Lipinski definition) is 2. The number of nitrogens with zero attached hydrogens (tertiary/aromatic N) is 1. The Hall–Kier alpha value is -3.84. The molecule has 0 fully saturated rings. The molecule has 0 aliphatic carbocycles. The number of H-pyrrole nitrogens is 1. The van der Waals surface area contributed by atoms with Crippen molar-refractivity contribution in [3.63, 3.8) is 0 Å². The van der Waals surface area contributed by atoms with E-state index in [4.69, 9.17) is 16.3 Å². The molecule has 1 amide bonds. The van der Waals surface area contributed by atoms with Crippen LogP contribution in [0.25, 0.3) is 22.0 Å². The van der Waals surface area contributed by atoms with Crippen LogP contribution < -0.4 is 4.74 Å². The number of carboxylic acid groups (broad SMARTS) is 1. The average molecular weight is 467 g/mol. The number of aromatic carboxylic acids is 1. The fourth-order valence-corrected chi connectivity index (χ4v) is 3.95. The number of amides is 1. The van der Waals surface area contributed by atoms with Gasteiger partial charge < -0.3 is 19.7 Å². The van der Waals surface area contributed by atoms with E-state index in [0.717, 1.165) is 10.9 Å². The van der Waals surface area contributed by atoms with Gasteiger partial charge in [0.15, 0.2) is 0 Å². The van der Waals surface area contributed by atoms with Crippen molar-refractivity contribution in [2.45, 2.75) is 6.54 Å². The van der Waals surface area contributed by atoms with Crippen molar-refractivity contribution in [2.75, 3.05) is 14.2 Å². The lowest BCUT2D eigenvalue weighted by atomic mass is 9.98. The molecule has 0 aliphatic heterocycles. The van der Waals surface area contributed by atoms with E-state index in [1.807, 2.05) is 18.2 Å². The first kappa shape index (κ1) is 22.4. The van der Waals surface area contributed by atoms with Gasteiger partial charge in [-0.15, -0.1) is 0 Å². The lowest BCUT2D eigenvalue weighted by Crippen LogP contribution is -2.26. The predicted octanol–water partition coefficient (Wildman–Crippen LogP) is 5.61. The number of carbonyl (C=O) groups excluding carboxylic acids is 1. The zero-order valence-corrected chi connectivity index (χ0v) is 18.6. The number of fused-ring (bicyclic) bond motifs is 1. The van der Waals surface area contributed by atoms with Crippen LogP contribution in [0.1, 0.15) is 26.4 Å². The molecule has 0 aliphatic rings. The Morgan fingerprint density at radius 2 is 1.88 bits per heavy atom. The minimum absolute atomic E-state index is 0.0406. The van der Waals surface area contributed by atoms with Crippen molar-refractivity contribution in [3.05, 3.63) is 88.3 Å². The maximum atomic E-state index is 14.1. The number of carbonyl (C=O) groups is 2. The summed E-state index contributed by atoms with van der Waals surface area (Å²) in [5.41, 5.74) is 2.92. The third-order valence-corrected chi connectivity index (χ3v) is 5.71. The Kier molecular flexibility index (Phi) is 6.07. The van der Waals surface area contributed by atoms with Crippen molar-refractivity contribution in [3.8, 4) is 16.9 Å². The van der Waals surface area contributed by atoms with Crippen molar-refractivity contribution in [2.24, 2.45) is 0 Å². The lowest BCUT2D eigenvalue weighted by molar-refractivity contribution is 0.0696. The van der Waals surface area contributed by atoms with Gasteiger partial charge in [0, 0.05) is 30.6 Å². The zero-order chi connectivity index (χ0) is 23.7. The van der Waals surface area contributed by atoms with Gasteiger partial charge in [0.1, 0.15) is 17.3 Å². The summed E-state index contributed by atoms with van der Waals surface area (Å²) in [7, 11) is 3.23. The van der Waals surface area contributed by atoms with Crippen LogP contribution in [0.3, 0.4) is 0 Å². The normalized spacial score (nSPS) is 10.9. The van der Waals surface area contributed by atoms with Gasteiger partial charge in [-0.2, -0.15) is 0 Å². The minimum Gasteiger partial charge on any atom is -0.497 e. The van der Waals surface area contributed by atoms with Gasteiger partial charge in [-0.25, -0.2) is 9.18 Å². The molecule has 2 N–H and O–H groups in total. The number of hydrogen-bond acceptors (Lipinski definition) is 3. The van der Waals surface area contributed by atoms with Crippen LogP contribution in [0.5, 0.6) is 5.75 Å². The molecule has 0 bridgehead atoms. The summed E-state index contributed by atoms with van der Waals surface area (Å²) in [6, 6.07) is 16.0. The molecular weight excluding hydrogens is 447 g/mol. The summed E-state index contributed by atoms with van der Waals surface area (Å²) in [6.07, 6.45) is 0. The number of carboxylic acids is 1. The SMILES string of the molecule is COc1ccc2cc(C(=O)N(C)Cc3ccc(F)cc3-c3ccc(C(=O)O)c(Cl)c3)[nH]c2c1. The average Bonchev–Trinajstić information content (AvgIpc) is 3.22. The van der Waals surface area contributed by atoms with E-state index in [1.54, 1.807) is 32.4 Å². The molecule has 4 aromatic rings. The summed E-state index contributed by atoms with van der Waals surface area (Å²) in [5, 5.41) is 10.1. The van der Waals surface area contributed by atoms with E-state index in [0.29, 0.717) is 28.1 Å². The summed E-state index contributed by atoms with van der Waals surface area (Å²) in [5.74, 6) is -1.15. The smallest absolute Gasteiger partial charge is 0.337 e. The second-order valence-electron chi connectivity index (χ2n) is 7.60. The van der Waals surface area contributed by atoms with E-state index < -0.39 is 11.8 Å². The summed E-state index contributed by atoms with van der Waals surface area (Å²) in [4.78, 5) is 28.9. The van der Waals surface area contributed by atoms with Gasteiger partial charge in [-0.3, -0.25) is 4.79 Å². The molecule has 33 heavy (non-hydrogen) atoms. The molecule has 0 spiro atoms. The Balaban J connectivity index is 1.63. The molecule has 0 saturated heterocycles. The predicted molar refractivity (Wildman–Crippen MR) is 124 cm³/mol. The topological polar surface area (TPSA) is 82.6 Å². The molecule has 168 valence electrons. The van der Waals surface area contributed by atoms with Gasteiger partial charge in [0.25, 0.3) is 5.91 Å². The highest BCUT2D eigenvalue weighted by Crippen LogP contribution is 2.30. The summed E-state index contributed by atoms with van der Waals surface area (Å²) < 4.78 is 19.3. The molecule has 3 aromatic carbocycles. The number of nitrogens with one attached hydrogen (secondary N) is 1. The van der Waals surface area contributed by atoms with E-state index in [1.165, 1.54) is 29.2 Å². The fourth-order valence-electron chi connectivity index (χ4n) is 3.69. The van der Waals surface area contributed by atoms with Crippen LogP contribution in [-0.2, 0) is 6.54 Å². The van der Waals surface area contributed by atoms with E-state index >= 15 is 0 Å². The Bertz CT molecular complexity index is 1380. The quantitative estimate of drug-likeness (QED) is 0.387. The van der Waals surface area contributed by atoms with Crippen LogP contribution in [-0.4, -0.2) is 41.0 Å². The van der Waals surface area contributed by atoms with E-state index in [2.05, 4.69) is 4.98 Å². The maximum Gasteiger partial charge on any atom is 0.337 e. The number of halogens is 2. The first-order valence-electron chi connectivity index (χ1n) is 10.0. The van der Waals surface area contributed by atoms with Crippen LogP contribution in [0.2, 0.25) is 5.02 Å². The van der Waals surface area contributed by atoms with Crippen LogP contribution >= 0.6 is 11.6 Å². The summed E-state index contributed by atoms with van der Waals surface area (Å²) in [6.45, 7) is 0.200. The highest BCUT2D eigenvalue weighted by atomic mass is 35.5. The summed E-state index contributed by atoms with van der Waals surface area (Å²) >= 11 is 6.11. The molecule has 6 nitrogen and oxygen atoms in total. The third-order valence-electron chi connectivity index (χ3n) is 5.40. The molecule has 0 saturated carbocycles. The standard InChI is InChI=1S/C25H20ClFN2O4/c1-29(24(30)23-10-15-4-7-18(33-2)12-22(15)28-23)13-16-3-6-17(27)11-20(16)14-5-8-19(25(31)32)21(26)9-14/h3-12,28H,13H2,1-2H3,(H,31,32). The molecule has 1 heterocycles. The lowest BCUT2D eigenvalue weighted by Gasteiger charge is -2.19. The van der Waals surface area contributed by atoms with Crippen molar-refractivity contribution < 1.29 is 23.8 Å². The Morgan fingerprint density at radius 3 is 2.58 bits per heavy atom. The van der Waals surface area contributed by atoms with E-state index in [-0.39, 0.29) is 23.0 Å². The fraction of sp³-hybridized carbons (Fsp3) is 0.120. The number of rotatable bonds is 6. The highest BCUT2D eigenvalue weighted by molar-refractivity contribution is 6.33. The van der Waals surface area contributed by atoms with Crippen molar-refractivity contribution in [1.82, 2.24) is 9.88 Å². The van der Waals surface area contributed by atoms with Crippen molar-refractivity contribution >= 4 is 34.4 Å². The molecule has 0 radical (unpaired) electrons. The number of aromatic amines is 1. The molecule has 4 rings (SSSR count). The van der Waals surface area contributed by atoms with Gasteiger partial charge >= 0.3 is 5.97 Å². The zero-order valence-electron chi connectivity index (χ0n) is 17.9. The number of methoxy groups -OCH3 is 1. The van der Waals surface area contributed by atoms with Gasteiger partial charge in [0.2, 0.25) is 0 Å². The molecular formula is C25H20ClFN2O4. The molecule has 0 atom stereocenters. The van der Waals surface area contributed by atoms with Gasteiger partial charge in [0.05, 0.1) is 17.7 Å². The van der Waals surface area contributed by atoms with E-state index in [9.17, 15) is 19.1 Å². The van der Waals surface area contributed by atoms with Crippen molar-refractivity contribution in [1.29, 1.82) is 0 Å². The van der Waals surface area contributed by atoms with Crippen LogP contribution in [0.15, 0.2) is 60.7 Å². The third kappa shape index (κ3) is 4.54. The van der Waals surface area contributed by atoms with Gasteiger partial charge in [-0.1, -0.05) is 23.7 Å². The molecule has 1 aromatic heterocycles. The monoisotopic (exact) mass is 466 g/mol. The number of benzene rings is 3. The Morgan fingerprint density at radius 1 is 1.09 bits per heavy atom. The molecule has 8 heteroatoms. The van der Waals surface area contributed by atoms with Gasteiger partial charge in [-0.05, 0) is 59.2 Å². The maximum absolute atomic E-state index is 14.1. The second-order valence-corrected chi connectivity index (χ2v) is 8.01. The molecule has 0 unspecified atom stereocenters. The second kappa shape index (κ2) is 8.96. The first-order valence-corrected chi connectivity index (χ1v) is 10.4. The highest BCUT2D eigenvalue weighted by Gasteiger charge is 2.18.